The fraction of sp³-hybridized carbons (Fsp3) is 0.0857. The zero-order chi connectivity index (χ0) is 28.8. The van der Waals surface area contributed by atoms with E-state index in [2.05, 4.69) is 110 Å². The molecule has 0 spiro atoms. The van der Waals surface area contributed by atoms with Crippen LogP contribution in [0.4, 0.5) is 0 Å². The van der Waals surface area contributed by atoms with Gasteiger partial charge >= 0.3 is 5.97 Å². The fourth-order valence-electron chi connectivity index (χ4n) is 6.10. The zero-order valence-corrected chi connectivity index (χ0v) is 23.1. The van der Waals surface area contributed by atoms with Crippen molar-refractivity contribution in [2.75, 3.05) is 0 Å². The van der Waals surface area contributed by atoms with Gasteiger partial charge in [-0.1, -0.05) is 91.0 Å². The van der Waals surface area contributed by atoms with Crippen LogP contribution in [0.25, 0.3) is 33.2 Å². The van der Waals surface area contributed by atoms with Crippen LogP contribution in [0.1, 0.15) is 38.7 Å². The Labute approximate surface area is 242 Å². The summed E-state index contributed by atoms with van der Waals surface area (Å²) in [5.74, 6) is -1.37. The first-order chi connectivity index (χ1) is 20.4. The number of fused-ring (bicyclic) bond motifs is 2. The fourth-order valence-corrected chi connectivity index (χ4v) is 6.10. The largest absolute Gasteiger partial charge is 0.475 e. The molecule has 0 aliphatic heterocycles. The number of imidazole rings is 1. The lowest BCUT2D eigenvalue weighted by atomic mass is 9.77. The van der Waals surface area contributed by atoms with E-state index < -0.39 is 11.5 Å². The lowest BCUT2D eigenvalue weighted by Gasteiger charge is -2.37. The van der Waals surface area contributed by atoms with E-state index in [-0.39, 0.29) is 5.82 Å². The van der Waals surface area contributed by atoms with E-state index in [0.29, 0.717) is 11.0 Å². The van der Waals surface area contributed by atoms with Crippen molar-refractivity contribution < 1.29 is 9.90 Å². The number of H-pyrrole nitrogens is 1. The summed E-state index contributed by atoms with van der Waals surface area (Å²) < 4.78 is 2.19. The van der Waals surface area contributed by atoms with Gasteiger partial charge < -0.3 is 5.11 Å². The van der Waals surface area contributed by atoms with Gasteiger partial charge in [0, 0.05) is 22.3 Å². The van der Waals surface area contributed by atoms with Gasteiger partial charge in [0.1, 0.15) is 5.54 Å². The summed E-state index contributed by atoms with van der Waals surface area (Å²) in [6.07, 6.45) is 0. The van der Waals surface area contributed by atoms with Gasteiger partial charge in [0.2, 0.25) is 5.82 Å². The van der Waals surface area contributed by atoms with Crippen molar-refractivity contribution in [1.29, 1.82) is 0 Å². The number of hydrogen-bond acceptors (Lipinski definition) is 4. The molecule has 3 heterocycles. The number of pyridine rings is 1. The number of aromatic carboxylic acids is 1. The molecule has 0 aliphatic rings. The average Bonchev–Trinajstić information content (AvgIpc) is 3.59. The van der Waals surface area contributed by atoms with Crippen molar-refractivity contribution in [2.45, 2.75) is 19.4 Å². The summed E-state index contributed by atoms with van der Waals surface area (Å²) >= 11 is 0. The molecule has 7 nitrogen and oxygen atoms in total. The van der Waals surface area contributed by atoms with Gasteiger partial charge in [-0.2, -0.15) is 0 Å². The SMILES string of the molecule is Cc1cc(-c2[nH]n(C(c3ccccc3)(c3ccccc3)c3ccccc3)c3cc4nc(C(=O)O)nc4cc23)cc(C)n1. The Hall–Kier alpha value is -5.56. The lowest BCUT2D eigenvalue weighted by Crippen LogP contribution is -2.38. The van der Waals surface area contributed by atoms with Crippen LogP contribution in [-0.4, -0.2) is 35.8 Å². The normalized spacial score (nSPS) is 11.8. The van der Waals surface area contributed by atoms with E-state index in [1.165, 1.54) is 0 Å². The van der Waals surface area contributed by atoms with Crippen LogP contribution in [-0.2, 0) is 5.54 Å². The van der Waals surface area contributed by atoms with Gasteiger partial charge in [0.25, 0.3) is 0 Å². The quantitative estimate of drug-likeness (QED) is 0.215. The maximum Gasteiger partial charge on any atom is 0.373 e. The molecule has 2 N–H and O–H groups in total. The van der Waals surface area contributed by atoms with Crippen molar-refractivity contribution in [3.63, 3.8) is 0 Å². The van der Waals surface area contributed by atoms with Crippen LogP contribution >= 0.6 is 0 Å². The van der Waals surface area contributed by atoms with Gasteiger partial charge in [-0.25, -0.2) is 14.8 Å². The first-order valence-electron chi connectivity index (χ1n) is 13.7. The van der Waals surface area contributed by atoms with Crippen LogP contribution in [0.15, 0.2) is 115 Å². The second-order valence-electron chi connectivity index (χ2n) is 10.5. The summed E-state index contributed by atoms with van der Waals surface area (Å²) in [6, 6.07) is 39.2. The number of benzene rings is 4. The Morgan fingerprint density at radius 1 is 0.690 bits per heavy atom. The summed E-state index contributed by atoms with van der Waals surface area (Å²) in [7, 11) is 0. The van der Waals surface area contributed by atoms with Crippen molar-refractivity contribution in [2.24, 2.45) is 0 Å². The third kappa shape index (κ3) is 3.97. The molecule has 0 saturated carbocycles. The molecule has 7 aromatic rings. The number of carboxylic acids is 1. The van der Waals surface area contributed by atoms with Crippen molar-refractivity contribution >= 4 is 27.9 Å². The van der Waals surface area contributed by atoms with Crippen molar-refractivity contribution in [3.8, 4) is 11.3 Å². The smallest absolute Gasteiger partial charge is 0.373 e. The molecule has 0 saturated heterocycles. The molecule has 0 fully saturated rings. The molecule has 42 heavy (non-hydrogen) atoms. The van der Waals surface area contributed by atoms with E-state index in [1.54, 1.807) is 0 Å². The highest BCUT2D eigenvalue weighted by Gasteiger charge is 2.40. The molecule has 4 aromatic carbocycles. The predicted molar refractivity (Wildman–Crippen MR) is 164 cm³/mol. The molecule has 0 amide bonds. The summed E-state index contributed by atoms with van der Waals surface area (Å²) in [4.78, 5) is 25.1. The molecule has 0 unspecified atom stereocenters. The van der Waals surface area contributed by atoms with Gasteiger partial charge in [-0.15, -0.1) is 0 Å². The van der Waals surface area contributed by atoms with Gasteiger partial charge in [-0.05, 0) is 54.8 Å². The number of carbonyl (C=O) groups is 1. The Kier molecular flexibility index (Phi) is 5.94. The van der Waals surface area contributed by atoms with Gasteiger partial charge in [0.15, 0.2) is 0 Å². The van der Waals surface area contributed by atoms with Crippen LogP contribution in [0.5, 0.6) is 0 Å². The predicted octanol–water partition coefficient (Wildman–Crippen LogP) is 7.13. The maximum absolute atomic E-state index is 11.8. The van der Waals surface area contributed by atoms with E-state index >= 15 is 0 Å². The monoisotopic (exact) mass is 549 g/mol. The minimum atomic E-state index is -1.15. The molecule has 0 atom stereocenters. The van der Waals surface area contributed by atoms with E-state index in [9.17, 15) is 9.90 Å². The average molecular weight is 550 g/mol. The number of aromatic amines is 1. The zero-order valence-electron chi connectivity index (χ0n) is 23.1. The number of carboxylic acid groups (broad SMARTS) is 1. The summed E-state index contributed by atoms with van der Waals surface area (Å²) in [6.45, 7) is 3.97. The summed E-state index contributed by atoms with van der Waals surface area (Å²) in [5.41, 5.74) is 7.93. The number of aryl methyl sites for hydroxylation is 2. The molecule has 0 aliphatic carbocycles. The third-order valence-electron chi connectivity index (χ3n) is 7.75. The maximum atomic E-state index is 11.8. The van der Waals surface area contributed by atoms with Gasteiger partial charge in [0.05, 0.1) is 22.2 Å². The molecule has 7 heteroatoms. The van der Waals surface area contributed by atoms with Crippen LogP contribution in [0.2, 0.25) is 0 Å². The number of nitrogens with zero attached hydrogens (tertiary/aromatic N) is 4. The number of hydrogen-bond donors (Lipinski definition) is 2. The van der Waals surface area contributed by atoms with E-state index in [4.69, 9.17) is 0 Å². The highest BCUT2D eigenvalue weighted by molar-refractivity contribution is 6.02. The first-order valence-corrected chi connectivity index (χ1v) is 13.7. The van der Waals surface area contributed by atoms with Gasteiger partial charge in [-0.3, -0.25) is 14.8 Å². The molecular weight excluding hydrogens is 522 g/mol. The molecular formula is C35H27N5O2. The van der Waals surface area contributed by atoms with Crippen LogP contribution in [0, 0.1) is 13.8 Å². The highest BCUT2D eigenvalue weighted by atomic mass is 16.4. The van der Waals surface area contributed by atoms with E-state index in [1.807, 2.05) is 44.2 Å². The number of aromatic nitrogens is 5. The third-order valence-corrected chi connectivity index (χ3v) is 7.75. The highest BCUT2D eigenvalue weighted by Crippen LogP contribution is 2.44. The molecule has 204 valence electrons. The molecule has 0 radical (unpaired) electrons. The molecule has 0 bridgehead atoms. The minimum Gasteiger partial charge on any atom is -0.475 e. The second-order valence-corrected chi connectivity index (χ2v) is 10.5. The first kappa shape index (κ1) is 25.4. The lowest BCUT2D eigenvalue weighted by molar-refractivity contribution is 0.0685. The van der Waals surface area contributed by atoms with Crippen LogP contribution in [0.3, 0.4) is 0 Å². The number of nitrogens with one attached hydrogen (secondary N) is 1. The molecule has 7 rings (SSSR count). The summed E-state index contributed by atoms with van der Waals surface area (Å²) in [5, 5.41) is 14.4. The Morgan fingerprint density at radius 2 is 1.17 bits per heavy atom. The molecule has 3 aromatic heterocycles. The standard InChI is InChI=1S/C35H27N5O2/c1-22-18-24(19-23(2)36-22)32-28-20-29-30(38-33(37-29)34(41)42)21-31(28)40(39-32)35(25-12-6-3-7-13-25,26-14-8-4-9-15-26)27-16-10-5-11-17-27/h3-21,39H,1-2H3,(H,41,42). The number of rotatable bonds is 6. The second kappa shape index (κ2) is 9.82. The van der Waals surface area contributed by atoms with Crippen molar-refractivity contribution in [1.82, 2.24) is 24.7 Å². The Bertz CT molecular complexity index is 1960. The topological polar surface area (TPSA) is 96.7 Å². The van der Waals surface area contributed by atoms with Crippen molar-refractivity contribution in [3.05, 3.63) is 149 Å². The Balaban J connectivity index is 1.68. The minimum absolute atomic E-state index is 0.217. The Morgan fingerprint density at radius 3 is 1.64 bits per heavy atom. The van der Waals surface area contributed by atoms with Crippen LogP contribution < -0.4 is 0 Å². The van der Waals surface area contributed by atoms with E-state index in [0.717, 1.165) is 50.2 Å².